The molecule has 0 fully saturated rings. The van der Waals surface area contributed by atoms with Gasteiger partial charge in [0, 0.05) is 24.5 Å². The van der Waals surface area contributed by atoms with Crippen LogP contribution in [0.5, 0.6) is 5.75 Å². The van der Waals surface area contributed by atoms with Gasteiger partial charge in [-0.15, -0.1) is 12.4 Å². The van der Waals surface area contributed by atoms with Crippen molar-refractivity contribution in [3.05, 3.63) is 28.8 Å². The van der Waals surface area contributed by atoms with Gasteiger partial charge in [0.1, 0.15) is 5.75 Å². The number of carbonyl (C=O) groups excluding carboxylic acids is 1. The first-order valence-corrected chi connectivity index (χ1v) is 6.52. The molecule has 1 atom stereocenters. The van der Waals surface area contributed by atoms with Gasteiger partial charge in [0.2, 0.25) is 0 Å². The van der Waals surface area contributed by atoms with Crippen LogP contribution < -0.4 is 15.4 Å². The van der Waals surface area contributed by atoms with Crippen molar-refractivity contribution in [1.29, 1.82) is 0 Å². The molecule has 6 heteroatoms. The Morgan fingerprint density at radius 2 is 2.26 bits per heavy atom. The topological polar surface area (TPSA) is 50.4 Å². The quantitative estimate of drug-likeness (QED) is 0.816. The van der Waals surface area contributed by atoms with E-state index in [1.165, 1.54) is 0 Å². The average Bonchev–Trinajstić information content (AvgIpc) is 2.77. The molecule has 1 amide bonds. The van der Waals surface area contributed by atoms with E-state index in [4.69, 9.17) is 16.3 Å². The molecule has 1 aliphatic heterocycles. The highest BCUT2D eigenvalue weighted by Gasteiger charge is 2.28. The number of likely N-dealkylation sites (N-methyl/N-ethyl adjacent to an activating group) is 1. The second-order valence-corrected chi connectivity index (χ2v) is 4.64. The second kappa shape index (κ2) is 7.58. The molecule has 1 unspecified atom stereocenters. The van der Waals surface area contributed by atoms with Crippen LogP contribution in [0.3, 0.4) is 0 Å². The van der Waals surface area contributed by atoms with E-state index in [1.54, 1.807) is 6.07 Å². The van der Waals surface area contributed by atoms with E-state index in [1.807, 2.05) is 19.1 Å². The van der Waals surface area contributed by atoms with E-state index in [9.17, 15) is 4.79 Å². The molecule has 1 aromatic rings. The zero-order valence-corrected chi connectivity index (χ0v) is 12.3. The number of fused-ring (bicyclic) bond motifs is 1. The Bertz CT molecular complexity index is 441. The van der Waals surface area contributed by atoms with Crippen molar-refractivity contribution in [3.63, 3.8) is 0 Å². The number of carbonyl (C=O) groups is 1. The largest absolute Gasteiger partial charge is 0.480 e. The van der Waals surface area contributed by atoms with Crippen LogP contribution in [-0.4, -0.2) is 31.6 Å². The summed E-state index contributed by atoms with van der Waals surface area (Å²) in [6.07, 6.45) is 0.156. The molecule has 0 aliphatic carbocycles. The van der Waals surface area contributed by atoms with Crippen molar-refractivity contribution in [2.45, 2.75) is 19.4 Å². The van der Waals surface area contributed by atoms with Crippen LogP contribution in [0.15, 0.2) is 18.2 Å². The number of nitrogens with one attached hydrogen (secondary N) is 2. The number of amides is 1. The average molecular weight is 305 g/mol. The third-order valence-corrected chi connectivity index (χ3v) is 3.08. The van der Waals surface area contributed by atoms with Gasteiger partial charge in [-0.25, -0.2) is 0 Å². The highest BCUT2D eigenvalue weighted by molar-refractivity contribution is 6.30. The number of ether oxygens (including phenoxy) is 1. The van der Waals surface area contributed by atoms with Gasteiger partial charge in [-0.1, -0.05) is 18.5 Å². The van der Waals surface area contributed by atoms with Gasteiger partial charge in [-0.3, -0.25) is 4.79 Å². The van der Waals surface area contributed by atoms with Crippen molar-refractivity contribution in [1.82, 2.24) is 10.6 Å². The Balaban J connectivity index is 0.00000180. The van der Waals surface area contributed by atoms with Crippen molar-refractivity contribution >= 4 is 29.9 Å². The fraction of sp³-hybridized carbons (Fsp3) is 0.462. The molecule has 2 N–H and O–H groups in total. The summed E-state index contributed by atoms with van der Waals surface area (Å²) >= 11 is 5.90. The third kappa shape index (κ3) is 4.27. The van der Waals surface area contributed by atoms with Gasteiger partial charge < -0.3 is 15.4 Å². The first kappa shape index (κ1) is 16.1. The predicted molar refractivity (Wildman–Crippen MR) is 78.4 cm³/mol. The van der Waals surface area contributed by atoms with Crippen LogP contribution in [0.2, 0.25) is 5.02 Å². The van der Waals surface area contributed by atoms with Gasteiger partial charge in [0.15, 0.2) is 6.10 Å². The predicted octanol–water partition coefficient (Wildman–Crippen LogP) is 1.79. The molecule has 1 aromatic carbocycles. The van der Waals surface area contributed by atoms with E-state index >= 15 is 0 Å². The summed E-state index contributed by atoms with van der Waals surface area (Å²) in [6, 6.07) is 5.43. The monoisotopic (exact) mass is 304 g/mol. The summed E-state index contributed by atoms with van der Waals surface area (Å²) in [6.45, 7) is 4.32. The maximum atomic E-state index is 11.9. The summed E-state index contributed by atoms with van der Waals surface area (Å²) < 4.78 is 5.59. The van der Waals surface area contributed by atoms with Gasteiger partial charge in [-0.2, -0.15) is 0 Å². The zero-order chi connectivity index (χ0) is 13.0. The zero-order valence-electron chi connectivity index (χ0n) is 10.7. The standard InChI is InChI=1S/C13H17ClN2O2.ClH/c1-2-15-5-6-16-13(17)12-8-9-7-10(14)3-4-11(9)18-12;/h3-4,7,12,15H,2,5-6,8H2,1H3,(H,16,17);1H. The fourth-order valence-electron chi connectivity index (χ4n) is 1.93. The number of benzene rings is 1. The van der Waals surface area contributed by atoms with Crippen LogP contribution in [0.4, 0.5) is 0 Å². The summed E-state index contributed by atoms with van der Waals surface area (Å²) in [5.41, 5.74) is 0.995. The van der Waals surface area contributed by atoms with Gasteiger partial charge in [0.05, 0.1) is 0 Å². The van der Waals surface area contributed by atoms with Crippen molar-refractivity contribution in [3.8, 4) is 5.75 Å². The normalized spacial score (nSPS) is 16.2. The van der Waals surface area contributed by atoms with Gasteiger partial charge in [-0.05, 0) is 30.3 Å². The molecule has 0 saturated heterocycles. The molecule has 2 rings (SSSR count). The Kier molecular flexibility index (Phi) is 6.42. The number of hydrogen-bond acceptors (Lipinski definition) is 3. The molecule has 0 saturated carbocycles. The highest BCUT2D eigenvalue weighted by atomic mass is 35.5. The molecule has 19 heavy (non-hydrogen) atoms. The second-order valence-electron chi connectivity index (χ2n) is 4.21. The van der Waals surface area contributed by atoms with E-state index in [-0.39, 0.29) is 18.3 Å². The van der Waals surface area contributed by atoms with E-state index in [0.29, 0.717) is 18.0 Å². The Morgan fingerprint density at radius 1 is 1.47 bits per heavy atom. The van der Waals surface area contributed by atoms with E-state index in [0.717, 1.165) is 24.4 Å². The minimum absolute atomic E-state index is 0. The smallest absolute Gasteiger partial charge is 0.261 e. The Hall–Kier alpha value is -0.970. The number of rotatable bonds is 5. The molecule has 4 nitrogen and oxygen atoms in total. The lowest BCUT2D eigenvalue weighted by molar-refractivity contribution is -0.127. The summed E-state index contributed by atoms with van der Waals surface area (Å²) in [4.78, 5) is 11.9. The molecule has 0 spiro atoms. The van der Waals surface area contributed by atoms with Crippen LogP contribution >= 0.6 is 24.0 Å². The molecular weight excluding hydrogens is 287 g/mol. The Labute approximate surface area is 124 Å². The number of hydrogen-bond donors (Lipinski definition) is 2. The molecule has 106 valence electrons. The van der Waals surface area contributed by atoms with E-state index in [2.05, 4.69) is 10.6 Å². The molecule has 0 radical (unpaired) electrons. The van der Waals surface area contributed by atoms with Crippen LogP contribution in [0.25, 0.3) is 0 Å². The molecule has 0 bridgehead atoms. The van der Waals surface area contributed by atoms with Gasteiger partial charge in [0.25, 0.3) is 5.91 Å². The fourth-order valence-corrected chi connectivity index (χ4v) is 2.12. The molecular formula is C13H18Cl2N2O2. The SMILES string of the molecule is CCNCCNC(=O)C1Cc2cc(Cl)ccc2O1.Cl. The first-order valence-electron chi connectivity index (χ1n) is 6.14. The van der Waals surface area contributed by atoms with Crippen molar-refractivity contribution in [2.24, 2.45) is 0 Å². The molecule has 1 heterocycles. The van der Waals surface area contributed by atoms with Crippen LogP contribution in [0.1, 0.15) is 12.5 Å². The highest BCUT2D eigenvalue weighted by Crippen LogP contribution is 2.30. The van der Waals surface area contributed by atoms with Crippen LogP contribution in [0, 0.1) is 0 Å². The van der Waals surface area contributed by atoms with E-state index < -0.39 is 6.10 Å². The summed E-state index contributed by atoms with van der Waals surface area (Å²) in [5.74, 6) is 0.687. The molecule has 0 aromatic heterocycles. The van der Waals surface area contributed by atoms with Gasteiger partial charge >= 0.3 is 0 Å². The lowest BCUT2D eigenvalue weighted by Crippen LogP contribution is -2.40. The molecule has 1 aliphatic rings. The first-order chi connectivity index (χ1) is 8.70. The minimum Gasteiger partial charge on any atom is -0.480 e. The summed E-state index contributed by atoms with van der Waals surface area (Å²) in [7, 11) is 0. The summed E-state index contributed by atoms with van der Waals surface area (Å²) in [5, 5.41) is 6.67. The minimum atomic E-state index is -0.430. The maximum absolute atomic E-state index is 11.9. The lowest BCUT2D eigenvalue weighted by atomic mass is 10.1. The number of halogens is 2. The lowest BCUT2D eigenvalue weighted by Gasteiger charge is -2.11. The third-order valence-electron chi connectivity index (χ3n) is 2.84. The van der Waals surface area contributed by atoms with Crippen LogP contribution in [-0.2, 0) is 11.2 Å². The van der Waals surface area contributed by atoms with Crippen molar-refractivity contribution < 1.29 is 9.53 Å². The Morgan fingerprint density at radius 3 is 3.00 bits per heavy atom. The maximum Gasteiger partial charge on any atom is 0.261 e. The van der Waals surface area contributed by atoms with Crippen molar-refractivity contribution in [2.75, 3.05) is 19.6 Å².